The molecule has 1 aliphatic heterocycles. The predicted octanol–water partition coefficient (Wildman–Crippen LogP) is 4.83. The quantitative estimate of drug-likeness (QED) is 0.217. The molecule has 1 saturated heterocycles. The number of carbonyl (C=O) groups excluding carboxylic acids is 2. The third kappa shape index (κ3) is 5.46. The van der Waals surface area contributed by atoms with E-state index in [1.807, 2.05) is 4.90 Å². The molecule has 1 atom stereocenters. The second-order valence-corrected chi connectivity index (χ2v) is 10.5. The Morgan fingerprint density at radius 1 is 1.02 bits per heavy atom. The van der Waals surface area contributed by atoms with E-state index < -0.39 is 28.9 Å². The van der Waals surface area contributed by atoms with Gasteiger partial charge in [-0.25, -0.2) is 13.9 Å². The third-order valence-corrected chi connectivity index (χ3v) is 7.60. The molecule has 2 aromatic carbocycles. The van der Waals surface area contributed by atoms with Crippen LogP contribution in [0.1, 0.15) is 29.4 Å². The van der Waals surface area contributed by atoms with Gasteiger partial charge in [0.1, 0.15) is 11.2 Å². The molecule has 1 aliphatic rings. The minimum Gasteiger partial charge on any atom is -0.469 e. The standard InChI is InChI=1S/C30H28F4N4O4/c1-29(28(40)42-3,14-18-5-4-6-22(31)13-18)24-11-12-35-26-25(19-7-9-21(10-8-19)30(32,33)34)23(36-38(24)26)17-37-15-20(16-37)27(39)41-2/h4-13,20H,14-17H2,1-3H3/t29-/m1/s1. The Bertz CT molecular complexity index is 1630. The van der Waals surface area contributed by atoms with Gasteiger partial charge in [-0.3, -0.25) is 14.5 Å². The second kappa shape index (κ2) is 11.2. The van der Waals surface area contributed by atoms with Gasteiger partial charge in [-0.15, -0.1) is 0 Å². The number of carbonyl (C=O) groups is 2. The van der Waals surface area contributed by atoms with Crippen molar-refractivity contribution in [3.05, 3.63) is 89.1 Å². The largest absolute Gasteiger partial charge is 0.469 e. The number of alkyl halides is 3. The van der Waals surface area contributed by atoms with Gasteiger partial charge in [-0.05, 0) is 54.8 Å². The first-order chi connectivity index (χ1) is 19.9. The number of likely N-dealkylation sites (tertiary alicyclic amines) is 1. The minimum atomic E-state index is -4.51. The van der Waals surface area contributed by atoms with Crippen LogP contribution in [0.3, 0.4) is 0 Å². The summed E-state index contributed by atoms with van der Waals surface area (Å²) in [5.74, 6) is -1.65. The summed E-state index contributed by atoms with van der Waals surface area (Å²) in [6.45, 7) is 2.78. The second-order valence-electron chi connectivity index (χ2n) is 10.5. The molecule has 1 fully saturated rings. The Hall–Kier alpha value is -4.32. The molecule has 0 radical (unpaired) electrons. The highest BCUT2D eigenvalue weighted by molar-refractivity contribution is 5.84. The van der Waals surface area contributed by atoms with Crippen molar-refractivity contribution in [2.75, 3.05) is 27.3 Å². The molecular formula is C30H28F4N4O4. The SMILES string of the molecule is COC(=O)C1CN(Cc2nn3c([C@@](C)(Cc4cccc(F)c4)C(=O)OC)ccnc3c2-c2ccc(C(F)(F)F)cc2)C1. The zero-order valence-corrected chi connectivity index (χ0v) is 23.1. The van der Waals surface area contributed by atoms with E-state index in [0.717, 1.165) is 12.1 Å². The van der Waals surface area contributed by atoms with E-state index in [2.05, 4.69) is 4.98 Å². The predicted molar refractivity (Wildman–Crippen MR) is 144 cm³/mol. The summed E-state index contributed by atoms with van der Waals surface area (Å²) in [7, 11) is 2.58. The summed E-state index contributed by atoms with van der Waals surface area (Å²) in [6, 6.07) is 12.2. The van der Waals surface area contributed by atoms with E-state index in [-0.39, 0.29) is 24.9 Å². The van der Waals surface area contributed by atoms with Crippen LogP contribution in [0.15, 0.2) is 60.8 Å². The molecule has 2 aromatic heterocycles. The molecule has 12 heteroatoms. The summed E-state index contributed by atoms with van der Waals surface area (Å²) >= 11 is 0. The number of rotatable bonds is 8. The Morgan fingerprint density at radius 3 is 2.36 bits per heavy atom. The lowest BCUT2D eigenvalue weighted by atomic mass is 9.80. The zero-order chi connectivity index (χ0) is 30.2. The number of hydrogen-bond acceptors (Lipinski definition) is 7. The zero-order valence-electron chi connectivity index (χ0n) is 23.1. The summed E-state index contributed by atoms with van der Waals surface area (Å²) in [4.78, 5) is 31.7. The van der Waals surface area contributed by atoms with Gasteiger partial charge in [0.2, 0.25) is 0 Å². The number of hydrogen-bond donors (Lipinski definition) is 0. The first-order valence-electron chi connectivity index (χ1n) is 13.1. The maximum atomic E-state index is 14.0. The van der Waals surface area contributed by atoms with Gasteiger partial charge < -0.3 is 9.47 Å². The van der Waals surface area contributed by atoms with Gasteiger partial charge in [0.15, 0.2) is 5.65 Å². The molecule has 0 amide bonds. The summed E-state index contributed by atoms with van der Waals surface area (Å²) in [5, 5.41) is 4.81. The van der Waals surface area contributed by atoms with Crippen LogP contribution in [0.25, 0.3) is 16.8 Å². The van der Waals surface area contributed by atoms with Crippen LogP contribution >= 0.6 is 0 Å². The fourth-order valence-electron chi connectivity index (χ4n) is 5.41. The summed E-state index contributed by atoms with van der Waals surface area (Å²) in [5.41, 5.74) is 0.582. The highest BCUT2D eigenvalue weighted by atomic mass is 19.4. The van der Waals surface area contributed by atoms with Gasteiger partial charge in [0.05, 0.1) is 42.7 Å². The topological polar surface area (TPSA) is 86.0 Å². The van der Waals surface area contributed by atoms with Gasteiger partial charge in [0, 0.05) is 25.8 Å². The third-order valence-electron chi connectivity index (χ3n) is 7.60. The number of ether oxygens (including phenoxy) is 2. The molecule has 0 N–H and O–H groups in total. The van der Waals surface area contributed by atoms with Crippen LogP contribution in [0.4, 0.5) is 17.6 Å². The average Bonchev–Trinajstić information content (AvgIpc) is 3.31. The van der Waals surface area contributed by atoms with Crippen LogP contribution in [0, 0.1) is 11.7 Å². The fourth-order valence-corrected chi connectivity index (χ4v) is 5.41. The molecule has 0 unspecified atom stereocenters. The number of methoxy groups -OCH3 is 2. The molecule has 0 spiro atoms. The molecule has 0 saturated carbocycles. The van der Waals surface area contributed by atoms with Gasteiger partial charge in [-0.2, -0.15) is 18.3 Å². The smallest absolute Gasteiger partial charge is 0.416 e. The number of aromatic nitrogens is 3. The molecule has 4 aromatic rings. The Kier molecular flexibility index (Phi) is 7.76. The van der Waals surface area contributed by atoms with Crippen molar-refractivity contribution >= 4 is 17.6 Å². The van der Waals surface area contributed by atoms with Gasteiger partial charge >= 0.3 is 18.1 Å². The maximum absolute atomic E-state index is 14.0. The molecule has 0 bridgehead atoms. The molecule has 220 valence electrons. The molecule has 3 heterocycles. The highest BCUT2D eigenvalue weighted by Crippen LogP contribution is 2.37. The number of benzene rings is 2. The van der Waals surface area contributed by atoms with Gasteiger partial charge in [0.25, 0.3) is 0 Å². The number of halogens is 4. The van der Waals surface area contributed by atoms with E-state index >= 15 is 0 Å². The van der Waals surface area contributed by atoms with E-state index in [4.69, 9.17) is 14.6 Å². The van der Waals surface area contributed by atoms with Crippen molar-refractivity contribution < 1.29 is 36.6 Å². The first-order valence-corrected chi connectivity index (χ1v) is 13.1. The highest BCUT2D eigenvalue weighted by Gasteiger charge is 2.41. The number of nitrogens with zero attached hydrogens (tertiary/aromatic N) is 4. The molecule has 42 heavy (non-hydrogen) atoms. The normalized spacial score (nSPS) is 15.7. The molecule has 0 aliphatic carbocycles. The summed E-state index contributed by atoms with van der Waals surface area (Å²) in [6.07, 6.45) is -2.94. The van der Waals surface area contributed by atoms with Crippen LogP contribution in [-0.2, 0) is 43.6 Å². The van der Waals surface area contributed by atoms with Crippen molar-refractivity contribution in [2.24, 2.45) is 5.92 Å². The Balaban J connectivity index is 1.64. The number of fused-ring (bicyclic) bond motifs is 1. The van der Waals surface area contributed by atoms with Crippen molar-refractivity contribution in [3.8, 4) is 11.1 Å². The minimum absolute atomic E-state index is 0.0777. The summed E-state index contributed by atoms with van der Waals surface area (Å²) < 4.78 is 65.5. The lowest BCUT2D eigenvalue weighted by Crippen LogP contribution is -2.50. The average molecular weight is 585 g/mol. The lowest BCUT2D eigenvalue weighted by Gasteiger charge is -2.36. The van der Waals surface area contributed by atoms with Crippen molar-refractivity contribution in [2.45, 2.75) is 31.5 Å². The van der Waals surface area contributed by atoms with Gasteiger partial charge in [-0.1, -0.05) is 24.3 Å². The van der Waals surface area contributed by atoms with Crippen molar-refractivity contribution in [1.82, 2.24) is 19.5 Å². The monoisotopic (exact) mass is 584 g/mol. The van der Waals surface area contributed by atoms with Crippen LogP contribution in [-0.4, -0.2) is 58.7 Å². The van der Waals surface area contributed by atoms with Crippen LogP contribution in [0.2, 0.25) is 0 Å². The lowest BCUT2D eigenvalue weighted by molar-refractivity contribution is -0.151. The van der Waals surface area contributed by atoms with Crippen LogP contribution in [0.5, 0.6) is 0 Å². The first kappa shape index (κ1) is 29.2. The molecule has 8 nitrogen and oxygen atoms in total. The Labute approximate surface area is 238 Å². The number of esters is 2. The Morgan fingerprint density at radius 2 is 1.74 bits per heavy atom. The molecule has 5 rings (SSSR count). The maximum Gasteiger partial charge on any atom is 0.416 e. The van der Waals surface area contributed by atoms with E-state index in [1.165, 1.54) is 49.2 Å². The van der Waals surface area contributed by atoms with E-state index in [1.54, 1.807) is 25.1 Å². The van der Waals surface area contributed by atoms with E-state index in [0.29, 0.717) is 46.8 Å². The van der Waals surface area contributed by atoms with Crippen molar-refractivity contribution in [1.29, 1.82) is 0 Å². The fraction of sp³-hybridized carbons (Fsp3) is 0.333. The van der Waals surface area contributed by atoms with Crippen LogP contribution < -0.4 is 0 Å². The molecular weight excluding hydrogens is 556 g/mol. The van der Waals surface area contributed by atoms with Crippen molar-refractivity contribution in [3.63, 3.8) is 0 Å². The van der Waals surface area contributed by atoms with E-state index in [9.17, 15) is 27.2 Å².